The van der Waals surface area contributed by atoms with Gasteiger partial charge in [-0.25, -0.2) is 0 Å². The maximum absolute atomic E-state index is 12.2. The number of amides is 1. The number of piperazine rings is 1. The van der Waals surface area contributed by atoms with Gasteiger partial charge in [-0.3, -0.25) is 24.7 Å². The van der Waals surface area contributed by atoms with Crippen LogP contribution in [-0.2, 0) is 11.3 Å². The van der Waals surface area contributed by atoms with Crippen LogP contribution in [0, 0.1) is 10.1 Å². The Balaban J connectivity index is 1.50. The van der Waals surface area contributed by atoms with Crippen molar-refractivity contribution in [1.82, 2.24) is 24.9 Å². The highest BCUT2D eigenvalue weighted by Crippen LogP contribution is 2.21. The number of benzene rings is 1. The third-order valence-corrected chi connectivity index (χ3v) is 5.09. The highest BCUT2D eigenvalue weighted by atomic mass is 16.6. The number of likely N-dealkylation sites (N-methyl/N-ethyl adjacent to an activating group) is 1. The van der Waals surface area contributed by atoms with E-state index >= 15 is 0 Å². The van der Waals surface area contributed by atoms with E-state index in [9.17, 15) is 14.9 Å². The second-order valence-corrected chi connectivity index (χ2v) is 6.92. The molecule has 0 aliphatic carbocycles. The van der Waals surface area contributed by atoms with E-state index in [0.29, 0.717) is 30.4 Å². The van der Waals surface area contributed by atoms with E-state index in [2.05, 4.69) is 20.0 Å². The van der Waals surface area contributed by atoms with Gasteiger partial charge in [0, 0.05) is 57.0 Å². The smallest absolute Gasteiger partial charge is 0.269 e. The molecular formula is C19H26N6O4. The summed E-state index contributed by atoms with van der Waals surface area (Å²) < 4.78 is 5.72. The lowest BCUT2D eigenvalue weighted by Crippen LogP contribution is -2.49. The molecule has 0 saturated carbocycles. The zero-order valence-corrected chi connectivity index (χ0v) is 16.8. The lowest BCUT2D eigenvalue weighted by molar-refractivity contribution is -0.384. The first-order chi connectivity index (χ1) is 14.0. The summed E-state index contributed by atoms with van der Waals surface area (Å²) in [7, 11) is 0. The average molecular weight is 402 g/mol. The fraction of sp³-hybridized carbons (Fsp3) is 0.526. The maximum atomic E-state index is 12.2. The summed E-state index contributed by atoms with van der Waals surface area (Å²) >= 11 is 0. The molecule has 1 saturated heterocycles. The molecule has 1 aromatic heterocycles. The molecule has 1 aromatic carbocycles. The molecule has 3 rings (SSSR count). The lowest BCUT2D eigenvalue weighted by Gasteiger charge is -2.34. The van der Waals surface area contributed by atoms with Crippen LogP contribution in [0.5, 0.6) is 0 Å². The van der Waals surface area contributed by atoms with E-state index in [1.54, 1.807) is 12.1 Å². The van der Waals surface area contributed by atoms with Gasteiger partial charge in [0.1, 0.15) is 0 Å². The fourth-order valence-corrected chi connectivity index (χ4v) is 3.32. The predicted molar refractivity (Wildman–Crippen MR) is 106 cm³/mol. The molecule has 29 heavy (non-hydrogen) atoms. The number of nitro groups is 1. The monoisotopic (exact) mass is 402 g/mol. The highest BCUT2D eigenvalue weighted by Gasteiger charge is 2.22. The van der Waals surface area contributed by atoms with Crippen molar-refractivity contribution >= 4 is 11.6 Å². The maximum Gasteiger partial charge on any atom is 0.269 e. The van der Waals surface area contributed by atoms with Gasteiger partial charge < -0.3 is 9.32 Å². The third-order valence-electron chi connectivity index (χ3n) is 5.09. The van der Waals surface area contributed by atoms with Crippen LogP contribution in [0.2, 0.25) is 0 Å². The number of hydrogen-bond acceptors (Lipinski definition) is 8. The second-order valence-electron chi connectivity index (χ2n) is 6.92. The number of nitro benzene ring substituents is 1. The molecule has 1 fully saturated rings. The summed E-state index contributed by atoms with van der Waals surface area (Å²) in [5, 5.41) is 18.9. The van der Waals surface area contributed by atoms with E-state index in [4.69, 9.17) is 4.42 Å². The van der Waals surface area contributed by atoms with Crippen molar-refractivity contribution in [3.05, 3.63) is 40.3 Å². The fourth-order valence-electron chi connectivity index (χ4n) is 3.32. The number of carbonyl (C=O) groups excluding carboxylic acids is 1. The van der Waals surface area contributed by atoms with Crippen LogP contribution in [0.1, 0.15) is 19.7 Å². The van der Waals surface area contributed by atoms with Crippen LogP contribution in [0.3, 0.4) is 0 Å². The van der Waals surface area contributed by atoms with Gasteiger partial charge in [-0.1, -0.05) is 0 Å². The first kappa shape index (κ1) is 20.9. The Hall–Kier alpha value is -2.85. The molecule has 0 unspecified atom stereocenters. The quantitative estimate of drug-likeness (QED) is 0.484. The largest absolute Gasteiger partial charge is 0.419 e. The molecule has 156 valence electrons. The van der Waals surface area contributed by atoms with E-state index in [1.165, 1.54) is 12.1 Å². The van der Waals surface area contributed by atoms with Gasteiger partial charge >= 0.3 is 0 Å². The minimum atomic E-state index is -0.446. The predicted octanol–water partition coefficient (Wildman–Crippen LogP) is 1.63. The van der Waals surface area contributed by atoms with Gasteiger partial charge in [-0.2, -0.15) is 0 Å². The third kappa shape index (κ3) is 5.36. The average Bonchev–Trinajstić information content (AvgIpc) is 3.19. The number of hydrogen-bond donors (Lipinski definition) is 0. The Labute approximate surface area is 169 Å². The summed E-state index contributed by atoms with van der Waals surface area (Å²) in [5.74, 6) is 1.03. The molecule has 1 aliphatic heterocycles. The molecule has 10 heteroatoms. The molecule has 1 aliphatic rings. The molecule has 2 aromatic rings. The van der Waals surface area contributed by atoms with Gasteiger partial charge in [0.15, 0.2) is 0 Å². The molecular weight excluding hydrogens is 376 g/mol. The minimum Gasteiger partial charge on any atom is -0.419 e. The number of aromatic nitrogens is 2. The summed E-state index contributed by atoms with van der Waals surface area (Å²) in [6, 6.07) is 6.03. The summed E-state index contributed by atoms with van der Waals surface area (Å²) in [5.41, 5.74) is 0.667. The van der Waals surface area contributed by atoms with E-state index < -0.39 is 4.92 Å². The van der Waals surface area contributed by atoms with Gasteiger partial charge in [-0.15, -0.1) is 10.2 Å². The zero-order valence-electron chi connectivity index (χ0n) is 16.8. The topological polar surface area (TPSA) is 109 Å². The second kappa shape index (κ2) is 9.57. The van der Waals surface area contributed by atoms with E-state index in [-0.39, 0.29) is 11.6 Å². The van der Waals surface area contributed by atoms with Crippen molar-refractivity contribution in [2.24, 2.45) is 0 Å². The van der Waals surface area contributed by atoms with Gasteiger partial charge in [0.05, 0.1) is 18.0 Å². The Morgan fingerprint density at radius 1 is 1.10 bits per heavy atom. The van der Waals surface area contributed by atoms with Crippen LogP contribution in [0.4, 0.5) is 5.69 Å². The van der Waals surface area contributed by atoms with Crippen molar-refractivity contribution in [3.63, 3.8) is 0 Å². The van der Waals surface area contributed by atoms with Crippen molar-refractivity contribution in [2.45, 2.75) is 20.4 Å². The van der Waals surface area contributed by atoms with Crippen LogP contribution >= 0.6 is 0 Å². The van der Waals surface area contributed by atoms with Gasteiger partial charge in [-0.05, 0) is 26.0 Å². The number of rotatable bonds is 8. The first-order valence-corrected chi connectivity index (χ1v) is 9.79. The molecule has 1 amide bonds. The Morgan fingerprint density at radius 2 is 1.72 bits per heavy atom. The van der Waals surface area contributed by atoms with Crippen LogP contribution in [-0.4, -0.2) is 81.5 Å². The first-order valence-electron chi connectivity index (χ1n) is 9.79. The van der Waals surface area contributed by atoms with E-state index in [1.807, 2.05) is 18.7 Å². The van der Waals surface area contributed by atoms with Crippen molar-refractivity contribution in [1.29, 1.82) is 0 Å². The molecule has 0 N–H and O–H groups in total. The Bertz CT molecular complexity index is 825. The minimum absolute atomic E-state index is 0.0193. The Morgan fingerprint density at radius 3 is 2.31 bits per heavy atom. The lowest BCUT2D eigenvalue weighted by atomic mass is 10.2. The van der Waals surface area contributed by atoms with Gasteiger partial charge in [0.25, 0.3) is 5.69 Å². The summed E-state index contributed by atoms with van der Waals surface area (Å²) in [6.45, 7) is 9.74. The van der Waals surface area contributed by atoms with Gasteiger partial charge in [0.2, 0.25) is 17.7 Å². The van der Waals surface area contributed by atoms with Crippen LogP contribution in [0.25, 0.3) is 11.5 Å². The van der Waals surface area contributed by atoms with Crippen LogP contribution < -0.4 is 0 Å². The molecule has 0 atom stereocenters. The van der Waals surface area contributed by atoms with Crippen LogP contribution in [0.15, 0.2) is 28.7 Å². The normalized spacial score (nSPS) is 15.4. The summed E-state index contributed by atoms with van der Waals surface area (Å²) in [4.78, 5) is 28.8. The molecule has 0 radical (unpaired) electrons. The van der Waals surface area contributed by atoms with Crippen molar-refractivity contribution in [3.8, 4) is 11.5 Å². The SMILES string of the molecule is CCN(CC)C(=O)CN1CCN(Cc2nnc(-c3ccc([N+](=O)[O-])cc3)o2)CC1. The number of nitrogens with zero attached hydrogens (tertiary/aromatic N) is 6. The number of carbonyl (C=O) groups is 1. The van der Waals surface area contributed by atoms with Crippen molar-refractivity contribution in [2.75, 3.05) is 45.8 Å². The molecule has 0 bridgehead atoms. The van der Waals surface area contributed by atoms with Crippen molar-refractivity contribution < 1.29 is 14.1 Å². The zero-order chi connectivity index (χ0) is 20.8. The number of non-ortho nitro benzene ring substituents is 1. The Kier molecular flexibility index (Phi) is 6.89. The standard InChI is InChI=1S/C19H26N6O4/c1-3-24(4-2)18(26)14-23-11-9-22(10-12-23)13-17-20-21-19(29-17)15-5-7-16(8-6-15)25(27)28/h5-8H,3-4,9-14H2,1-2H3. The molecule has 0 spiro atoms. The molecule has 2 heterocycles. The summed E-state index contributed by atoms with van der Waals surface area (Å²) in [6.07, 6.45) is 0. The molecule has 10 nitrogen and oxygen atoms in total. The van der Waals surface area contributed by atoms with E-state index in [0.717, 1.165) is 39.3 Å². The highest BCUT2D eigenvalue weighted by molar-refractivity contribution is 5.78.